The van der Waals surface area contributed by atoms with Gasteiger partial charge in [0.05, 0.1) is 23.5 Å². The summed E-state index contributed by atoms with van der Waals surface area (Å²) in [6, 6.07) is 10.6. The number of carbonyl (C=O) groups is 1. The van der Waals surface area contributed by atoms with Gasteiger partial charge in [-0.05, 0) is 24.3 Å². The Morgan fingerprint density at radius 2 is 2.03 bits per heavy atom. The topological polar surface area (TPSA) is 72.3 Å². The van der Waals surface area contributed by atoms with Gasteiger partial charge in [-0.15, -0.1) is 0 Å². The lowest BCUT2D eigenvalue weighted by Gasteiger charge is -2.20. The molecule has 0 saturated heterocycles. The fraction of sp³-hybridized carbons (Fsp3) is 0.250. The van der Waals surface area contributed by atoms with Crippen LogP contribution in [0.25, 0.3) is 5.69 Å². The van der Waals surface area contributed by atoms with Gasteiger partial charge in [0.15, 0.2) is 0 Å². The second kappa shape index (κ2) is 8.15. The highest BCUT2D eigenvalue weighted by atomic mass is 19.4. The molecule has 10 heteroatoms. The molecule has 2 heterocycles. The first-order valence-corrected chi connectivity index (χ1v) is 9.19. The molecule has 0 unspecified atom stereocenters. The average molecular weight is 417 g/mol. The maximum absolute atomic E-state index is 13.2. The monoisotopic (exact) mass is 417 g/mol. The standard InChI is InChI=1S/C20H18F3N5O2/c21-20(22,23)15-5-6-17(28-13-24-12-25-28)16(9-15)26-19(29)11-27-7-8-30-18-4-2-1-3-14(18)10-27/h1-6,9,12-13H,7-8,10-11H2,(H,26,29). The smallest absolute Gasteiger partial charge is 0.416 e. The largest absolute Gasteiger partial charge is 0.492 e. The van der Waals surface area contributed by atoms with Crippen LogP contribution >= 0.6 is 0 Å². The number of alkyl halides is 3. The van der Waals surface area contributed by atoms with Crippen LogP contribution in [0.2, 0.25) is 0 Å². The Labute approximate surface area is 170 Å². The van der Waals surface area contributed by atoms with Gasteiger partial charge in [-0.2, -0.15) is 18.3 Å². The summed E-state index contributed by atoms with van der Waals surface area (Å²) in [6.45, 7) is 1.44. The molecule has 7 nitrogen and oxygen atoms in total. The highest BCUT2D eigenvalue weighted by Gasteiger charge is 2.31. The zero-order chi connectivity index (χ0) is 21.1. The summed E-state index contributed by atoms with van der Waals surface area (Å²) in [4.78, 5) is 18.4. The number of nitrogens with one attached hydrogen (secondary N) is 1. The fourth-order valence-corrected chi connectivity index (χ4v) is 3.25. The molecule has 30 heavy (non-hydrogen) atoms. The van der Waals surface area contributed by atoms with Crippen molar-refractivity contribution in [3.63, 3.8) is 0 Å². The molecular weight excluding hydrogens is 399 g/mol. The lowest BCUT2D eigenvalue weighted by atomic mass is 10.1. The van der Waals surface area contributed by atoms with E-state index in [0.717, 1.165) is 23.4 Å². The van der Waals surface area contributed by atoms with Crippen molar-refractivity contribution >= 4 is 11.6 Å². The van der Waals surface area contributed by atoms with Crippen LogP contribution in [0.1, 0.15) is 11.1 Å². The van der Waals surface area contributed by atoms with Crippen LogP contribution in [0.5, 0.6) is 5.75 Å². The lowest BCUT2D eigenvalue weighted by Crippen LogP contribution is -2.34. The Kier molecular flexibility index (Phi) is 5.40. The molecule has 0 fully saturated rings. The van der Waals surface area contributed by atoms with Crippen LogP contribution in [0, 0.1) is 0 Å². The number of aromatic nitrogens is 3. The summed E-state index contributed by atoms with van der Waals surface area (Å²) in [6.07, 6.45) is -1.93. The molecule has 1 aromatic heterocycles. The number of fused-ring (bicyclic) bond motifs is 1. The molecule has 0 bridgehead atoms. The van der Waals surface area contributed by atoms with Crippen molar-refractivity contribution in [2.24, 2.45) is 0 Å². The van der Waals surface area contributed by atoms with Crippen LogP contribution in [-0.2, 0) is 17.5 Å². The zero-order valence-corrected chi connectivity index (χ0v) is 15.8. The van der Waals surface area contributed by atoms with E-state index in [0.29, 0.717) is 25.4 Å². The number of anilines is 1. The molecule has 1 N–H and O–H groups in total. The second-order valence-electron chi connectivity index (χ2n) is 6.78. The van der Waals surface area contributed by atoms with Crippen molar-refractivity contribution in [3.05, 3.63) is 66.2 Å². The molecular formula is C20H18F3N5O2. The predicted octanol–water partition coefficient (Wildman–Crippen LogP) is 3.12. The van der Waals surface area contributed by atoms with Crippen LogP contribution < -0.4 is 10.1 Å². The first-order chi connectivity index (χ1) is 14.4. The highest BCUT2D eigenvalue weighted by molar-refractivity contribution is 5.94. The highest BCUT2D eigenvalue weighted by Crippen LogP contribution is 2.33. The average Bonchev–Trinajstić information content (AvgIpc) is 3.15. The van der Waals surface area contributed by atoms with E-state index in [1.165, 1.54) is 23.4 Å². The Morgan fingerprint density at radius 3 is 2.80 bits per heavy atom. The predicted molar refractivity (Wildman–Crippen MR) is 102 cm³/mol. The summed E-state index contributed by atoms with van der Waals surface area (Å²) in [5, 5.41) is 6.54. The molecule has 0 aliphatic carbocycles. The number of amides is 1. The van der Waals surface area contributed by atoms with E-state index in [2.05, 4.69) is 15.4 Å². The van der Waals surface area contributed by atoms with E-state index >= 15 is 0 Å². The minimum atomic E-state index is -4.54. The molecule has 1 amide bonds. The van der Waals surface area contributed by atoms with Crippen LogP contribution in [0.15, 0.2) is 55.1 Å². The third-order valence-electron chi connectivity index (χ3n) is 4.66. The maximum atomic E-state index is 13.2. The van der Waals surface area contributed by atoms with E-state index in [-0.39, 0.29) is 12.2 Å². The van der Waals surface area contributed by atoms with Gasteiger partial charge in [0, 0.05) is 18.7 Å². The Bertz CT molecular complexity index is 1040. The summed E-state index contributed by atoms with van der Waals surface area (Å²) in [7, 11) is 0. The third-order valence-corrected chi connectivity index (χ3v) is 4.66. The van der Waals surface area contributed by atoms with Crippen LogP contribution in [0.4, 0.5) is 18.9 Å². The number of hydrogen-bond acceptors (Lipinski definition) is 5. The van der Waals surface area contributed by atoms with Crippen molar-refractivity contribution < 1.29 is 22.7 Å². The number of para-hydroxylation sites is 1. The van der Waals surface area contributed by atoms with Gasteiger partial charge in [-0.3, -0.25) is 9.69 Å². The van der Waals surface area contributed by atoms with E-state index in [1.807, 2.05) is 29.2 Å². The number of halogens is 3. The second-order valence-corrected chi connectivity index (χ2v) is 6.78. The van der Waals surface area contributed by atoms with E-state index in [4.69, 9.17) is 4.74 Å². The van der Waals surface area contributed by atoms with E-state index in [1.54, 1.807) is 0 Å². The van der Waals surface area contributed by atoms with Crippen molar-refractivity contribution in [3.8, 4) is 11.4 Å². The zero-order valence-electron chi connectivity index (χ0n) is 15.8. The summed E-state index contributed by atoms with van der Waals surface area (Å²) in [5.41, 5.74) is 0.383. The quantitative estimate of drug-likeness (QED) is 0.706. The summed E-state index contributed by atoms with van der Waals surface area (Å²) in [5.74, 6) is 0.335. The normalized spacial score (nSPS) is 14.5. The minimum Gasteiger partial charge on any atom is -0.492 e. The van der Waals surface area contributed by atoms with Gasteiger partial charge in [-0.1, -0.05) is 18.2 Å². The van der Waals surface area contributed by atoms with Gasteiger partial charge in [0.1, 0.15) is 25.0 Å². The minimum absolute atomic E-state index is 0.00470. The molecule has 1 aliphatic heterocycles. The van der Waals surface area contributed by atoms with Crippen molar-refractivity contribution in [2.75, 3.05) is 25.0 Å². The molecule has 2 aromatic carbocycles. The maximum Gasteiger partial charge on any atom is 0.416 e. The first kappa shape index (κ1) is 19.9. The number of rotatable bonds is 4. The third kappa shape index (κ3) is 4.43. The molecule has 0 radical (unpaired) electrons. The molecule has 0 spiro atoms. The molecule has 4 rings (SSSR count). The lowest BCUT2D eigenvalue weighted by molar-refractivity contribution is -0.137. The van der Waals surface area contributed by atoms with Crippen molar-refractivity contribution in [1.82, 2.24) is 19.7 Å². The number of ether oxygens (including phenoxy) is 1. The Hall–Kier alpha value is -3.40. The fourth-order valence-electron chi connectivity index (χ4n) is 3.25. The number of hydrogen-bond donors (Lipinski definition) is 1. The van der Waals surface area contributed by atoms with Gasteiger partial charge in [-0.25, -0.2) is 9.67 Å². The van der Waals surface area contributed by atoms with Crippen LogP contribution in [0.3, 0.4) is 0 Å². The molecule has 0 saturated carbocycles. The number of carbonyl (C=O) groups excluding carboxylic acids is 1. The van der Waals surface area contributed by atoms with Crippen LogP contribution in [-0.4, -0.2) is 45.3 Å². The first-order valence-electron chi connectivity index (χ1n) is 9.19. The molecule has 156 valence electrons. The van der Waals surface area contributed by atoms with Gasteiger partial charge >= 0.3 is 6.18 Å². The summed E-state index contributed by atoms with van der Waals surface area (Å²) >= 11 is 0. The summed E-state index contributed by atoms with van der Waals surface area (Å²) < 4.78 is 46.5. The SMILES string of the molecule is O=C(CN1CCOc2ccccc2C1)Nc1cc(C(F)(F)F)ccc1-n1cncn1. The van der Waals surface area contributed by atoms with Gasteiger partial charge in [0.25, 0.3) is 0 Å². The van der Waals surface area contributed by atoms with E-state index in [9.17, 15) is 18.0 Å². The van der Waals surface area contributed by atoms with Gasteiger partial charge in [0.2, 0.25) is 5.91 Å². The molecule has 3 aromatic rings. The molecule has 0 atom stereocenters. The molecule has 1 aliphatic rings. The van der Waals surface area contributed by atoms with E-state index < -0.39 is 17.6 Å². The van der Waals surface area contributed by atoms with Gasteiger partial charge < -0.3 is 10.1 Å². The Morgan fingerprint density at radius 1 is 1.20 bits per heavy atom. The number of nitrogens with zero attached hydrogens (tertiary/aromatic N) is 4. The Balaban J connectivity index is 1.53. The number of benzene rings is 2. The van der Waals surface area contributed by atoms with Crippen molar-refractivity contribution in [2.45, 2.75) is 12.7 Å². The van der Waals surface area contributed by atoms with Crippen molar-refractivity contribution in [1.29, 1.82) is 0 Å².